The predicted molar refractivity (Wildman–Crippen MR) is 67.4 cm³/mol. The van der Waals surface area contributed by atoms with Gasteiger partial charge in [0.15, 0.2) is 0 Å². The largest absolute Gasteiger partial charge is 0.392 e. The van der Waals surface area contributed by atoms with Crippen LogP contribution < -0.4 is 0 Å². The Bertz CT molecular complexity index is 211. The summed E-state index contributed by atoms with van der Waals surface area (Å²) in [6.45, 7) is 7.98. The second-order valence-electron chi connectivity index (χ2n) is 6.07. The Morgan fingerprint density at radius 3 is 2.19 bits per heavy atom. The third kappa shape index (κ3) is 2.78. The number of nitrogens with zero attached hydrogens (tertiary/aromatic N) is 1. The first-order valence-corrected chi connectivity index (χ1v) is 7.09. The van der Waals surface area contributed by atoms with Crippen molar-refractivity contribution in [2.45, 2.75) is 58.5 Å². The third-order valence-corrected chi connectivity index (χ3v) is 4.29. The van der Waals surface area contributed by atoms with E-state index in [9.17, 15) is 5.11 Å². The van der Waals surface area contributed by atoms with Crippen LogP contribution in [0.1, 0.15) is 52.4 Å². The lowest BCUT2D eigenvalue weighted by Crippen LogP contribution is -2.58. The predicted octanol–water partition coefficient (Wildman–Crippen LogP) is 2.66. The Hall–Kier alpha value is -0.0800. The Balaban J connectivity index is 1.72. The van der Waals surface area contributed by atoms with Crippen LogP contribution in [0.15, 0.2) is 0 Å². The number of hydrogen-bond donors (Lipinski definition) is 1. The van der Waals surface area contributed by atoms with Crippen LogP contribution in [-0.2, 0) is 0 Å². The fraction of sp³-hybridized carbons (Fsp3) is 1.00. The average molecular weight is 225 g/mol. The van der Waals surface area contributed by atoms with Gasteiger partial charge in [0.1, 0.15) is 0 Å². The van der Waals surface area contributed by atoms with Crippen LogP contribution in [-0.4, -0.2) is 35.7 Å². The summed E-state index contributed by atoms with van der Waals surface area (Å²) >= 11 is 0. The highest BCUT2D eigenvalue weighted by Gasteiger charge is 2.42. The summed E-state index contributed by atoms with van der Waals surface area (Å²) < 4.78 is 0. The summed E-state index contributed by atoms with van der Waals surface area (Å²) in [5.74, 6) is 0.632. The van der Waals surface area contributed by atoms with Crippen molar-refractivity contribution in [3.8, 4) is 0 Å². The summed E-state index contributed by atoms with van der Waals surface area (Å²) in [7, 11) is 0. The lowest BCUT2D eigenvalue weighted by atomic mass is 9.72. The molecule has 0 radical (unpaired) electrons. The van der Waals surface area contributed by atoms with Gasteiger partial charge in [0.25, 0.3) is 0 Å². The van der Waals surface area contributed by atoms with E-state index in [0.717, 1.165) is 6.54 Å². The van der Waals surface area contributed by atoms with Gasteiger partial charge in [-0.3, -0.25) is 4.90 Å². The van der Waals surface area contributed by atoms with E-state index in [-0.39, 0.29) is 6.10 Å². The number of hydrogen-bond acceptors (Lipinski definition) is 2. The van der Waals surface area contributed by atoms with Crippen molar-refractivity contribution in [2.24, 2.45) is 11.3 Å². The molecular weight excluding hydrogens is 198 g/mol. The number of β-amino-alcohol motifs (C(OH)–C–C–N with tert-alkyl or cyclic N) is 1. The summed E-state index contributed by atoms with van der Waals surface area (Å²) in [6, 6.07) is 0. The molecule has 0 aromatic carbocycles. The minimum atomic E-state index is -0.0405. The zero-order valence-corrected chi connectivity index (χ0v) is 10.9. The molecule has 2 rings (SSSR count). The van der Waals surface area contributed by atoms with E-state index in [1.54, 1.807) is 0 Å². The quantitative estimate of drug-likeness (QED) is 0.720. The highest BCUT2D eigenvalue weighted by Crippen LogP contribution is 2.41. The van der Waals surface area contributed by atoms with Crippen LogP contribution in [0.5, 0.6) is 0 Å². The molecule has 1 aliphatic heterocycles. The zero-order chi connectivity index (χ0) is 11.6. The maximum atomic E-state index is 9.91. The smallest absolute Gasteiger partial charge is 0.0695 e. The van der Waals surface area contributed by atoms with E-state index < -0.39 is 0 Å². The van der Waals surface area contributed by atoms with Crippen molar-refractivity contribution >= 4 is 0 Å². The normalized spacial score (nSPS) is 26.4. The van der Waals surface area contributed by atoms with Gasteiger partial charge in [-0.25, -0.2) is 0 Å². The average Bonchev–Trinajstić information content (AvgIpc) is 2.98. The minimum absolute atomic E-state index is 0.0405. The van der Waals surface area contributed by atoms with Gasteiger partial charge < -0.3 is 5.11 Å². The zero-order valence-electron chi connectivity index (χ0n) is 10.9. The molecule has 0 amide bonds. The van der Waals surface area contributed by atoms with E-state index in [1.807, 2.05) is 0 Å². The van der Waals surface area contributed by atoms with Crippen LogP contribution in [0.3, 0.4) is 0 Å². The molecule has 1 atom stereocenters. The molecule has 2 fully saturated rings. The molecule has 0 aromatic heterocycles. The van der Waals surface area contributed by atoms with Crippen LogP contribution in [0.4, 0.5) is 0 Å². The molecule has 1 heterocycles. The lowest BCUT2D eigenvalue weighted by Gasteiger charge is -2.51. The number of likely N-dealkylation sites (tertiary alicyclic amines) is 1. The van der Waals surface area contributed by atoms with Gasteiger partial charge >= 0.3 is 0 Å². The first-order valence-electron chi connectivity index (χ1n) is 7.09. The van der Waals surface area contributed by atoms with Gasteiger partial charge in [-0.1, -0.05) is 26.7 Å². The van der Waals surface area contributed by atoms with Crippen LogP contribution in [0, 0.1) is 11.3 Å². The van der Waals surface area contributed by atoms with Crippen molar-refractivity contribution < 1.29 is 5.11 Å². The molecule has 2 heteroatoms. The van der Waals surface area contributed by atoms with Crippen LogP contribution in [0.25, 0.3) is 0 Å². The molecule has 1 N–H and O–H groups in total. The third-order valence-electron chi connectivity index (χ3n) is 4.29. The fourth-order valence-corrected chi connectivity index (χ4v) is 3.43. The number of rotatable bonds is 7. The molecule has 94 valence electrons. The van der Waals surface area contributed by atoms with E-state index >= 15 is 0 Å². The Morgan fingerprint density at radius 1 is 1.19 bits per heavy atom. The molecule has 1 unspecified atom stereocenters. The van der Waals surface area contributed by atoms with Crippen molar-refractivity contribution in [2.75, 3.05) is 19.6 Å². The van der Waals surface area contributed by atoms with Gasteiger partial charge in [0, 0.05) is 19.6 Å². The maximum Gasteiger partial charge on any atom is 0.0695 e. The SMILES string of the molecule is CCCC1(CCC)CN(CC(O)C2CC2)C1. The summed E-state index contributed by atoms with van der Waals surface area (Å²) in [5, 5.41) is 9.91. The molecule has 1 saturated carbocycles. The van der Waals surface area contributed by atoms with E-state index in [1.165, 1.54) is 51.6 Å². The monoisotopic (exact) mass is 225 g/mol. The van der Waals surface area contributed by atoms with E-state index in [0.29, 0.717) is 11.3 Å². The standard InChI is InChI=1S/C14H27NO/c1-3-7-14(8-4-2)10-15(11-14)9-13(16)12-5-6-12/h12-13,16H,3-11H2,1-2H3. The van der Waals surface area contributed by atoms with Gasteiger partial charge in [-0.2, -0.15) is 0 Å². The molecule has 0 aromatic rings. The number of aliphatic hydroxyl groups is 1. The topological polar surface area (TPSA) is 23.5 Å². The van der Waals surface area contributed by atoms with Gasteiger partial charge in [0.05, 0.1) is 6.10 Å². The summed E-state index contributed by atoms with van der Waals surface area (Å²) in [4.78, 5) is 2.47. The first-order chi connectivity index (χ1) is 7.69. The molecule has 0 spiro atoms. The van der Waals surface area contributed by atoms with Crippen molar-refractivity contribution in [1.29, 1.82) is 0 Å². The second kappa shape index (κ2) is 5.05. The van der Waals surface area contributed by atoms with Crippen molar-refractivity contribution in [3.63, 3.8) is 0 Å². The Kier molecular flexibility index (Phi) is 3.91. The molecule has 0 bridgehead atoms. The summed E-state index contributed by atoms with van der Waals surface area (Å²) in [6.07, 6.45) is 7.82. The Morgan fingerprint density at radius 2 is 1.75 bits per heavy atom. The van der Waals surface area contributed by atoms with Gasteiger partial charge in [0.2, 0.25) is 0 Å². The molecule has 2 nitrogen and oxygen atoms in total. The molecular formula is C14H27NO. The molecule has 16 heavy (non-hydrogen) atoms. The van der Waals surface area contributed by atoms with Crippen molar-refractivity contribution in [1.82, 2.24) is 4.90 Å². The molecule has 1 saturated heterocycles. The number of aliphatic hydroxyl groups excluding tert-OH is 1. The lowest BCUT2D eigenvalue weighted by molar-refractivity contribution is -0.0424. The maximum absolute atomic E-state index is 9.91. The molecule has 1 aliphatic carbocycles. The molecule has 2 aliphatic rings. The fourth-order valence-electron chi connectivity index (χ4n) is 3.43. The second-order valence-corrected chi connectivity index (χ2v) is 6.07. The van der Waals surface area contributed by atoms with Gasteiger partial charge in [-0.05, 0) is 37.0 Å². The highest BCUT2D eigenvalue weighted by molar-refractivity contribution is 4.96. The first kappa shape index (κ1) is 12.4. The minimum Gasteiger partial charge on any atom is -0.392 e. The Labute approximate surface area is 100 Å². The summed E-state index contributed by atoms with van der Waals surface area (Å²) in [5.41, 5.74) is 0.604. The van der Waals surface area contributed by atoms with Gasteiger partial charge in [-0.15, -0.1) is 0 Å². The highest BCUT2D eigenvalue weighted by atomic mass is 16.3. The van der Waals surface area contributed by atoms with Crippen LogP contribution in [0.2, 0.25) is 0 Å². The van der Waals surface area contributed by atoms with E-state index in [2.05, 4.69) is 18.7 Å². The van der Waals surface area contributed by atoms with Crippen LogP contribution >= 0.6 is 0 Å². The van der Waals surface area contributed by atoms with Crippen molar-refractivity contribution in [3.05, 3.63) is 0 Å². The van der Waals surface area contributed by atoms with E-state index in [4.69, 9.17) is 0 Å².